The lowest BCUT2D eigenvalue weighted by Crippen LogP contribution is -2.40. The molecule has 1 aromatic carbocycles. The molecule has 9 nitrogen and oxygen atoms in total. The molecule has 4 aromatic rings. The Kier molecular flexibility index (Phi) is 6.03. The van der Waals surface area contributed by atoms with E-state index in [2.05, 4.69) is 27.1 Å². The maximum absolute atomic E-state index is 13.6. The third kappa shape index (κ3) is 4.13. The van der Waals surface area contributed by atoms with Crippen LogP contribution in [0.1, 0.15) is 25.2 Å². The molecule has 0 radical (unpaired) electrons. The monoisotopic (exact) mass is 445 g/mol. The van der Waals surface area contributed by atoms with Crippen LogP contribution in [0.3, 0.4) is 0 Å². The summed E-state index contributed by atoms with van der Waals surface area (Å²) in [5, 5.41) is 5.08. The second-order valence-electron chi connectivity index (χ2n) is 8.14. The Morgan fingerprint density at radius 3 is 2.67 bits per heavy atom. The minimum absolute atomic E-state index is 0.0525. The molecule has 170 valence electrons. The van der Waals surface area contributed by atoms with Crippen molar-refractivity contribution < 1.29 is 0 Å². The van der Waals surface area contributed by atoms with E-state index in [1.165, 1.54) is 9.13 Å². The average Bonchev–Trinajstić information content (AvgIpc) is 3.16. The first kappa shape index (κ1) is 22.3. The van der Waals surface area contributed by atoms with Gasteiger partial charge in [0.2, 0.25) is 5.95 Å². The number of pyridine rings is 1. The van der Waals surface area contributed by atoms with Gasteiger partial charge in [-0.3, -0.25) is 23.5 Å². The SMILES string of the molecule is CC#CCn1c(NCC(C)N)nc2c1c(=O)n(Cc1nc(C)cc3ccccc13)c(=O)n2C. The molecule has 0 spiro atoms. The fraction of sp³-hybridized carbons (Fsp3) is 0.333. The van der Waals surface area contributed by atoms with Crippen molar-refractivity contribution >= 4 is 27.9 Å². The van der Waals surface area contributed by atoms with E-state index in [9.17, 15) is 9.59 Å². The van der Waals surface area contributed by atoms with Crippen LogP contribution in [0.2, 0.25) is 0 Å². The van der Waals surface area contributed by atoms with Crippen LogP contribution in [0, 0.1) is 18.8 Å². The summed E-state index contributed by atoms with van der Waals surface area (Å²) in [6.45, 7) is 6.27. The number of anilines is 1. The van der Waals surface area contributed by atoms with Crippen LogP contribution in [0.4, 0.5) is 5.95 Å². The molecule has 0 amide bonds. The molecule has 3 aromatic heterocycles. The molecule has 0 aliphatic rings. The van der Waals surface area contributed by atoms with Gasteiger partial charge in [0.05, 0.1) is 18.8 Å². The smallest absolute Gasteiger partial charge is 0.332 e. The van der Waals surface area contributed by atoms with Gasteiger partial charge in [-0.1, -0.05) is 30.2 Å². The summed E-state index contributed by atoms with van der Waals surface area (Å²) in [5.74, 6) is 6.29. The molecular weight excluding hydrogens is 418 g/mol. The van der Waals surface area contributed by atoms with E-state index in [4.69, 9.17) is 5.73 Å². The summed E-state index contributed by atoms with van der Waals surface area (Å²) in [6, 6.07) is 9.68. The van der Waals surface area contributed by atoms with Crippen molar-refractivity contribution in [2.75, 3.05) is 11.9 Å². The highest BCUT2D eigenvalue weighted by molar-refractivity contribution is 5.85. The van der Waals surface area contributed by atoms with Gasteiger partial charge in [0.15, 0.2) is 11.2 Å². The third-order valence-electron chi connectivity index (χ3n) is 5.48. The van der Waals surface area contributed by atoms with E-state index < -0.39 is 11.2 Å². The summed E-state index contributed by atoms with van der Waals surface area (Å²) in [7, 11) is 1.61. The van der Waals surface area contributed by atoms with Crippen molar-refractivity contribution in [1.82, 2.24) is 23.7 Å². The lowest BCUT2D eigenvalue weighted by Gasteiger charge is -2.12. The van der Waals surface area contributed by atoms with Crippen molar-refractivity contribution in [3.63, 3.8) is 0 Å². The maximum atomic E-state index is 13.6. The molecule has 1 atom stereocenters. The van der Waals surface area contributed by atoms with E-state index in [1.807, 2.05) is 44.2 Å². The number of hydrogen-bond acceptors (Lipinski definition) is 6. The van der Waals surface area contributed by atoms with Crippen LogP contribution in [-0.2, 0) is 20.1 Å². The van der Waals surface area contributed by atoms with E-state index in [1.54, 1.807) is 18.5 Å². The normalized spacial score (nSPS) is 12.0. The first-order chi connectivity index (χ1) is 15.8. The van der Waals surface area contributed by atoms with Gasteiger partial charge >= 0.3 is 5.69 Å². The number of nitrogens with zero attached hydrogens (tertiary/aromatic N) is 5. The van der Waals surface area contributed by atoms with Crippen LogP contribution in [-0.4, -0.2) is 36.3 Å². The number of aromatic nitrogens is 5. The van der Waals surface area contributed by atoms with E-state index in [0.29, 0.717) is 29.4 Å². The van der Waals surface area contributed by atoms with E-state index in [-0.39, 0.29) is 19.1 Å². The fourth-order valence-electron chi connectivity index (χ4n) is 3.90. The van der Waals surface area contributed by atoms with Crippen LogP contribution in [0.5, 0.6) is 0 Å². The van der Waals surface area contributed by atoms with Crippen LogP contribution >= 0.6 is 0 Å². The lowest BCUT2D eigenvalue weighted by molar-refractivity contribution is 0.646. The fourth-order valence-corrected chi connectivity index (χ4v) is 3.90. The van der Waals surface area contributed by atoms with Crippen LogP contribution < -0.4 is 22.3 Å². The molecule has 33 heavy (non-hydrogen) atoms. The Bertz CT molecular complexity index is 1530. The minimum atomic E-state index is -0.454. The van der Waals surface area contributed by atoms with E-state index >= 15 is 0 Å². The maximum Gasteiger partial charge on any atom is 0.332 e. The number of rotatable bonds is 6. The topological polar surface area (TPSA) is 113 Å². The molecular formula is C24H27N7O2. The number of nitrogens with one attached hydrogen (secondary N) is 1. The average molecular weight is 446 g/mol. The van der Waals surface area contributed by atoms with Gasteiger partial charge in [-0.25, -0.2) is 4.79 Å². The van der Waals surface area contributed by atoms with Crippen molar-refractivity contribution in [3.8, 4) is 11.8 Å². The number of fused-ring (bicyclic) bond motifs is 2. The Morgan fingerprint density at radius 1 is 1.18 bits per heavy atom. The zero-order valence-electron chi connectivity index (χ0n) is 19.2. The molecule has 1 unspecified atom stereocenters. The molecule has 0 saturated heterocycles. The molecule has 0 bridgehead atoms. The first-order valence-corrected chi connectivity index (χ1v) is 10.8. The highest BCUT2D eigenvalue weighted by atomic mass is 16.2. The quantitative estimate of drug-likeness (QED) is 0.436. The second kappa shape index (κ2) is 8.92. The van der Waals surface area contributed by atoms with Gasteiger partial charge < -0.3 is 11.1 Å². The van der Waals surface area contributed by atoms with Gasteiger partial charge in [-0.15, -0.1) is 5.92 Å². The highest BCUT2D eigenvalue weighted by Crippen LogP contribution is 2.19. The van der Waals surface area contributed by atoms with Crippen LogP contribution in [0.25, 0.3) is 21.9 Å². The zero-order valence-corrected chi connectivity index (χ0v) is 19.2. The molecule has 0 aliphatic carbocycles. The summed E-state index contributed by atoms with van der Waals surface area (Å²) in [5.41, 5.74) is 7.09. The predicted octanol–water partition coefficient (Wildman–Crippen LogP) is 1.58. The minimum Gasteiger partial charge on any atom is -0.354 e. The Labute approximate surface area is 190 Å². The molecule has 0 fully saturated rings. The van der Waals surface area contributed by atoms with Gasteiger partial charge in [0.1, 0.15) is 0 Å². The zero-order chi connectivity index (χ0) is 23.7. The van der Waals surface area contributed by atoms with Crippen molar-refractivity contribution in [2.45, 2.75) is 39.9 Å². The van der Waals surface area contributed by atoms with Gasteiger partial charge in [-0.05, 0) is 32.2 Å². The third-order valence-corrected chi connectivity index (χ3v) is 5.48. The number of benzene rings is 1. The summed E-state index contributed by atoms with van der Waals surface area (Å²) < 4.78 is 4.30. The summed E-state index contributed by atoms with van der Waals surface area (Å²) in [4.78, 5) is 36.0. The largest absolute Gasteiger partial charge is 0.354 e. The molecule has 9 heteroatoms. The van der Waals surface area contributed by atoms with Gasteiger partial charge in [0.25, 0.3) is 5.56 Å². The van der Waals surface area contributed by atoms with Crippen LogP contribution in [0.15, 0.2) is 39.9 Å². The number of imidazole rings is 1. The summed E-state index contributed by atoms with van der Waals surface area (Å²) in [6.07, 6.45) is 0. The molecule has 0 aliphatic heterocycles. The first-order valence-electron chi connectivity index (χ1n) is 10.8. The molecule has 3 N–H and O–H groups in total. The summed E-state index contributed by atoms with van der Waals surface area (Å²) >= 11 is 0. The van der Waals surface area contributed by atoms with Crippen molar-refractivity contribution in [1.29, 1.82) is 0 Å². The molecule has 3 heterocycles. The molecule has 0 saturated carbocycles. The predicted molar refractivity (Wildman–Crippen MR) is 130 cm³/mol. The highest BCUT2D eigenvalue weighted by Gasteiger charge is 2.21. The second-order valence-corrected chi connectivity index (χ2v) is 8.14. The van der Waals surface area contributed by atoms with Crippen molar-refractivity contribution in [3.05, 3.63) is 62.6 Å². The molecule has 4 rings (SSSR count). The van der Waals surface area contributed by atoms with Gasteiger partial charge in [-0.2, -0.15) is 4.98 Å². The Balaban J connectivity index is 1.94. The Hall–Kier alpha value is -3.90. The number of hydrogen-bond donors (Lipinski definition) is 2. The van der Waals surface area contributed by atoms with E-state index in [0.717, 1.165) is 16.5 Å². The van der Waals surface area contributed by atoms with Gasteiger partial charge in [0, 0.05) is 30.7 Å². The standard InChI is InChI=1S/C24H27N7O2/c1-5-6-11-30-20-21(28-23(30)26-13-15(2)25)29(4)24(33)31(22(20)32)14-19-18-10-8-7-9-17(18)12-16(3)27-19/h7-10,12,15H,11,13-14,25H2,1-4H3,(H,26,28). The Morgan fingerprint density at radius 2 is 1.94 bits per heavy atom. The number of nitrogens with two attached hydrogens (primary N) is 1. The number of aryl methyl sites for hydroxylation is 2. The van der Waals surface area contributed by atoms with Crippen molar-refractivity contribution in [2.24, 2.45) is 12.8 Å². The lowest BCUT2D eigenvalue weighted by atomic mass is 10.1.